The molecule has 0 aromatic heterocycles. The van der Waals surface area contributed by atoms with Gasteiger partial charge in [0.05, 0.1) is 17.3 Å². The predicted octanol–water partition coefficient (Wildman–Crippen LogP) is 2.23. The van der Waals surface area contributed by atoms with Crippen molar-refractivity contribution in [2.45, 2.75) is 25.4 Å². The summed E-state index contributed by atoms with van der Waals surface area (Å²) >= 11 is 6.29. The second-order valence-corrected chi connectivity index (χ2v) is 5.47. The molecule has 2 atom stereocenters. The van der Waals surface area contributed by atoms with Crippen LogP contribution in [0, 0.1) is 0 Å². The lowest BCUT2D eigenvalue weighted by Crippen LogP contribution is -2.43. The van der Waals surface area contributed by atoms with Crippen LogP contribution in [0.1, 0.15) is 13.3 Å². The molecule has 1 saturated heterocycles. The van der Waals surface area contributed by atoms with Crippen molar-refractivity contribution in [1.82, 2.24) is 4.90 Å². The quantitative estimate of drug-likeness (QED) is 0.891. The number of aliphatic hydroxyl groups is 1. The second-order valence-electron chi connectivity index (χ2n) is 5.06. The molecule has 0 saturated carbocycles. The van der Waals surface area contributed by atoms with Crippen molar-refractivity contribution in [3.05, 3.63) is 29.3 Å². The molecule has 1 fully saturated rings. The first-order chi connectivity index (χ1) is 8.63. The van der Waals surface area contributed by atoms with Crippen molar-refractivity contribution in [1.29, 1.82) is 0 Å². The Labute approximate surface area is 114 Å². The van der Waals surface area contributed by atoms with E-state index in [9.17, 15) is 5.11 Å². The van der Waals surface area contributed by atoms with Crippen LogP contribution in [-0.4, -0.2) is 48.8 Å². The third-order valence-corrected chi connectivity index (χ3v) is 4.15. The summed E-state index contributed by atoms with van der Waals surface area (Å²) in [5.74, 6) is 0. The molecule has 2 unspecified atom stereocenters. The van der Waals surface area contributed by atoms with Crippen LogP contribution in [0.4, 0.5) is 5.69 Å². The average molecular weight is 269 g/mol. The number of hydrogen-bond donors (Lipinski definition) is 1. The first-order valence-corrected chi connectivity index (χ1v) is 6.83. The Balaban J connectivity index is 2.27. The Bertz CT molecular complexity index is 399. The molecule has 1 aliphatic heterocycles. The van der Waals surface area contributed by atoms with Crippen LogP contribution in [0.15, 0.2) is 24.3 Å². The molecule has 0 radical (unpaired) electrons. The van der Waals surface area contributed by atoms with Crippen molar-refractivity contribution in [2.75, 3.05) is 31.6 Å². The summed E-state index contributed by atoms with van der Waals surface area (Å²) < 4.78 is 0. The van der Waals surface area contributed by atoms with Crippen LogP contribution in [0.5, 0.6) is 0 Å². The molecular formula is C14H21ClN2O. The number of rotatable bonds is 2. The third kappa shape index (κ3) is 2.79. The summed E-state index contributed by atoms with van der Waals surface area (Å²) in [6, 6.07) is 8.54. The van der Waals surface area contributed by atoms with Gasteiger partial charge in [0.15, 0.2) is 0 Å². The Hall–Kier alpha value is -0.770. The number of benzene rings is 1. The van der Waals surface area contributed by atoms with Gasteiger partial charge in [0.1, 0.15) is 0 Å². The van der Waals surface area contributed by atoms with Gasteiger partial charge in [-0.2, -0.15) is 0 Å². The van der Waals surface area contributed by atoms with E-state index in [4.69, 9.17) is 11.6 Å². The Morgan fingerprint density at radius 1 is 1.39 bits per heavy atom. The number of halogens is 1. The molecule has 1 aromatic rings. The maximum Gasteiger partial charge on any atom is 0.0639 e. The van der Waals surface area contributed by atoms with E-state index in [1.165, 1.54) is 0 Å². The fourth-order valence-electron chi connectivity index (χ4n) is 2.49. The maximum atomic E-state index is 9.51. The maximum absolute atomic E-state index is 9.51. The second kappa shape index (κ2) is 5.91. The normalized spacial score (nSPS) is 26.1. The summed E-state index contributed by atoms with van der Waals surface area (Å²) in [5, 5.41) is 10.3. The first-order valence-electron chi connectivity index (χ1n) is 6.45. The van der Waals surface area contributed by atoms with Crippen LogP contribution < -0.4 is 4.90 Å². The fourth-order valence-corrected chi connectivity index (χ4v) is 2.74. The largest absolute Gasteiger partial charge is 0.395 e. The zero-order valence-corrected chi connectivity index (χ0v) is 11.8. The van der Waals surface area contributed by atoms with Crippen molar-refractivity contribution in [3.8, 4) is 0 Å². The van der Waals surface area contributed by atoms with Gasteiger partial charge in [-0.05, 0) is 32.5 Å². The molecule has 18 heavy (non-hydrogen) atoms. The van der Waals surface area contributed by atoms with Crippen molar-refractivity contribution < 1.29 is 5.11 Å². The molecule has 1 aromatic carbocycles. The molecule has 0 aliphatic carbocycles. The van der Waals surface area contributed by atoms with E-state index in [1.54, 1.807) is 0 Å². The van der Waals surface area contributed by atoms with Gasteiger partial charge in [0.25, 0.3) is 0 Å². The average Bonchev–Trinajstić information content (AvgIpc) is 2.51. The highest BCUT2D eigenvalue weighted by Gasteiger charge is 2.27. The topological polar surface area (TPSA) is 26.7 Å². The Morgan fingerprint density at radius 2 is 2.11 bits per heavy atom. The van der Waals surface area contributed by atoms with E-state index in [2.05, 4.69) is 29.8 Å². The molecular weight excluding hydrogens is 248 g/mol. The van der Waals surface area contributed by atoms with Crippen LogP contribution in [0.3, 0.4) is 0 Å². The predicted molar refractivity (Wildman–Crippen MR) is 76.4 cm³/mol. The molecule has 0 amide bonds. The number of hydrogen-bond acceptors (Lipinski definition) is 3. The summed E-state index contributed by atoms with van der Waals surface area (Å²) in [4.78, 5) is 4.54. The SMILES string of the molecule is CC1CCN(C)C(CO)CN1c1ccccc1Cl. The van der Waals surface area contributed by atoms with Crippen molar-refractivity contribution in [3.63, 3.8) is 0 Å². The smallest absolute Gasteiger partial charge is 0.0639 e. The molecule has 1 aliphatic rings. The summed E-state index contributed by atoms with van der Waals surface area (Å²) in [7, 11) is 2.07. The fraction of sp³-hybridized carbons (Fsp3) is 0.571. The Morgan fingerprint density at radius 3 is 2.78 bits per heavy atom. The minimum atomic E-state index is 0.172. The van der Waals surface area contributed by atoms with Gasteiger partial charge < -0.3 is 10.0 Å². The van der Waals surface area contributed by atoms with E-state index in [1.807, 2.05) is 18.2 Å². The minimum absolute atomic E-state index is 0.172. The molecule has 4 heteroatoms. The van der Waals surface area contributed by atoms with Gasteiger partial charge in [0.2, 0.25) is 0 Å². The number of para-hydroxylation sites is 1. The van der Waals surface area contributed by atoms with E-state index in [-0.39, 0.29) is 12.6 Å². The molecule has 3 nitrogen and oxygen atoms in total. The lowest BCUT2D eigenvalue weighted by Gasteiger charge is -2.32. The molecule has 0 spiro atoms. The zero-order chi connectivity index (χ0) is 13.1. The van der Waals surface area contributed by atoms with Crippen molar-refractivity contribution in [2.24, 2.45) is 0 Å². The van der Waals surface area contributed by atoms with E-state index >= 15 is 0 Å². The van der Waals surface area contributed by atoms with Crippen LogP contribution >= 0.6 is 11.6 Å². The van der Waals surface area contributed by atoms with Crippen LogP contribution in [0.2, 0.25) is 5.02 Å². The molecule has 2 rings (SSSR count). The summed E-state index contributed by atoms with van der Waals surface area (Å²) in [5.41, 5.74) is 1.07. The van der Waals surface area contributed by atoms with Gasteiger partial charge in [-0.15, -0.1) is 0 Å². The van der Waals surface area contributed by atoms with Gasteiger partial charge in [-0.25, -0.2) is 0 Å². The number of likely N-dealkylation sites (N-methyl/N-ethyl adjacent to an activating group) is 1. The summed E-state index contributed by atoms with van der Waals surface area (Å²) in [6.45, 7) is 4.23. The van der Waals surface area contributed by atoms with Gasteiger partial charge in [-0.3, -0.25) is 4.90 Å². The lowest BCUT2D eigenvalue weighted by molar-refractivity contribution is 0.159. The van der Waals surface area contributed by atoms with E-state index in [0.717, 1.165) is 30.2 Å². The highest BCUT2D eigenvalue weighted by molar-refractivity contribution is 6.33. The zero-order valence-electron chi connectivity index (χ0n) is 11.0. The highest BCUT2D eigenvalue weighted by Crippen LogP contribution is 2.29. The minimum Gasteiger partial charge on any atom is -0.395 e. The monoisotopic (exact) mass is 268 g/mol. The Kier molecular flexibility index (Phi) is 4.49. The molecule has 100 valence electrons. The molecule has 1 heterocycles. The van der Waals surface area contributed by atoms with Gasteiger partial charge in [-0.1, -0.05) is 23.7 Å². The van der Waals surface area contributed by atoms with Gasteiger partial charge >= 0.3 is 0 Å². The highest BCUT2D eigenvalue weighted by atomic mass is 35.5. The first kappa shape index (κ1) is 13.7. The van der Waals surface area contributed by atoms with Crippen molar-refractivity contribution >= 4 is 17.3 Å². The molecule has 0 bridgehead atoms. The third-order valence-electron chi connectivity index (χ3n) is 3.84. The number of nitrogens with zero attached hydrogens (tertiary/aromatic N) is 2. The number of anilines is 1. The van der Waals surface area contributed by atoms with Crippen LogP contribution in [0.25, 0.3) is 0 Å². The molecule has 1 N–H and O–H groups in total. The standard InChI is InChI=1S/C14H21ClN2O/c1-11-7-8-16(2)12(10-18)9-17(11)14-6-4-3-5-13(14)15/h3-6,11-12,18H,7-10H2,1-2H3. The lowest BCUT2D eigenvalue weighted by atomic mass is 10.1. The van der Waals surface area contributed by atoms with Gasteiger partial charge in [0, 0.05) is 25.2 Å². The summed E-state index contributed by atoms with van der Waals surface area (Å²) in [6.07, 6.45) is 1.08. The van der Waals surface area contributed by atoms with E-state index in [0.29, 0.717) is 6.04 Å². The number of aliphatic hydroxyl groups excluding tert-OH is 1. The van der Waals surface area contributed by atoms with E-state index < -0.39 is 0 Å². The van der Waals surface area contributed by atoms with Crippen LogP contribution in [-0.2, 0) is 0 Å².